The molecule has 0 N–H and O–H groups in total. The SMILES string of the molecule is C[Si](C)c1ccc2c(c1)C(C)(C)c1cc([Si](C)C)ccc1-2. The molecule has 0 saturated heterocycles. The Morgan fingerprint density at radius 1 is 0.667 bits per heavy atom. The van der Waals surface area contributed by atoms with E-state index in [1.807, 2.05) is 0 Å². The molecular weight excluding hydrogens is 284 g/mol. The number of rotatable bonds is 2. The maximum Gasteiger partial charge on any atom is 0.0791 e. The second-order valence-electron chi connectivity index (χ2n) is 7.15. The van der Waals surface area contributed by atoms with Crippen LogP contribution in [-0.4, -0.2) is 17.6 Å². The van der Waals surface area contributed by atoms with Gasteiger partial charge in [0.1, 0.15) is 0 Å². The van der Waals surface area contributed by atoms with Crippen molar-refractivity contribution in [3.05, 3.63) is 47.5 Å². The molecule has 1 aliphatic carbocycles. The van der Waals surface area contributed by atoms with Crippen LogP contribution in [0.1, 0.15) is 25.0 Å². The standard InChI is InChI=1S/C19H24Si2/c1-19(2)17-11-13(20(3)4)7-9-15(17)16-10-8-14(21(5)6)12-18(16)19/h7-12H,1-6H3. The molecule has 0 heterocycles. The Balaban J connectivity index is 2.22. The van der Waals surface area contributed by atoms with Crippen molar-refractivity contribution in [3.8, 4) is 11.1 Å². The van der Waals surface area contributed by atoms with Crippen molar-refractivity contribution in [2.75, 3.05) is 0 Å². The molecule has 108 valence electrons. The quantitative estimate of drug-likeness (QED) is 0.738. The van der Waals surface area contributed by atoms with Gasteiger partial charge in [0, 0.05) is 5.41 Å². The minimum Gasteiger partial charge on any atom is -0.0671 e. The van der Waals surface area contributed by atoms with Crippen LogP contribution < -0.4 is 10.4 Å². The van der Waals surface area contributed by atoms with Gasteiger partial charge in [0.2, 0.25) is 0 Å². The van der Waals surface area contributed by atoms with Crippen molar-refractivity contribution in [1.82, 2.24) is 0 Å². The van der Waals surface area contributed by atoms with Crippen LogP contribution in [0.2, 0.25) is 26.2 Å². The van der Waals surface area contributed by atoms with Gasteiger partial charge in [0.25, 0.3) is 0 Å². The maximum absolute atomic E-state index is 2.48. The Hall–Kier alpha value is -1.13. The van der Waals surface area contributed by atoms with Crippen LogP contribution in [-0.2, 0) is 5.41 Å². The van der Waals surface area contributed by atoms with Gasteiger partial charge >= 0.3 is 0 Å². The minimum atomic E-state index is -0.385. The Kier molecular flexibility index (Phi) is 3.49. The lowest BCUT2D eigenvalue weighted by atomic mass is 9.82. The van der Waals surface area contributed by atoms with Crippen LogP contribution in [0.15, 0.2) is 36.4 Å². The van der Waals surface area contributed by atoms with E-state index in [9.17, 15) is 0 Å². The fourth-order valence-corrected chi connectivity index (χ4v) is 5.06. The molecule has 0 saturated carbocycles. The summed E-state index contributed by atoms with van der Waals surface area (Å²) in [5.41, 5.74) is 6.11. The van der Waals surface area contributed by atoms with Gasteiger partial charge in [0.05, 0.1) is 17.6 Å². The van der Waals surface area contributed by atoms with Crippen molar-refractivity contribution in [3.63, 3.8) is 0 Å². The van der Waals surface area contributed by atoms with E-state index >= 15 is 0 Å². The minimum absolute atomic E-state index is 0.144. The Morgan fingerprint density at radius 2 is 1.05 bits per heavy atom. The number of hydrogen-bond acceptors (Lipinski definition) is 0. The second kappa shape index (κ2) is 4.96. The van der Waals surface area contributed by atoms with Gasteiger partial charge in [-0.05, 0) is 22.3 Å². The Bertz CT molecular complexity index is 637. The topological polar surface area (TPSA) is 0 Å². The van der Waals surface area contributed by atoms with E-state index in [4.69, 9.17) is 0 Å². The molecule has 2 heteroatoms. The lowest BCUT2D eigenvalue weighted by Gasteiger charge is -2.23. The van der Waals surface area contributed by atoms with E-state index < -0.39 is 0 Å². The summed E-state index contributed by atoms with van der Waals surface area (Å²) < 4.78 is 0. The molecule has 0 bridgehead atoms. The highest BCUT2D eigenvalue weighted by atomic mass is 28.3. The molecular formula is C19H24Si2. The van der Waals surface area contributed by atoms with Gasteiger partial charge in [-0.1, -0.05) is 86.8 Å². The lowest BCUT2D eigenvalue weighted by Crippen LogP contribution is -2.27. The van der Waals surface area contributed by atoms with Crippen LogP contribution in [0.25, 0.3) is 11.1 Å². The van der Waals surface area contributed by atoms with Gasteiger partial charge in [-0.15, -0.1) is 0 Å². The maximum atomic E-state index is 2.48. The van der Waals surface area contributed by atoms with E-state index in [0.717, 1.165) is 0 Å². The van der Waals surface area contributed by atoms with E-state index in [1.165, 1.54) is 22.3 Å². The zero-order valence-electron chi connectivity index (χ0n) is 14.0. The summed E-state index contributed by atoms with van der Waals surface area (Å²) in [5, 5.41) is 3.10. The molecule has 0 unspecified atom stereocenters. The highest BCUT2D eigenvalue weighted by Gasteiger charge is 2.35. The fraction of sp³-hybridized carbons (Fsp3) is 0.368. The third-order valence-corrected chi connectivity index (χ3v) is 7.76. The monoisotopic (exact) mass is 308 g/mol. The average molecular weight is 309 g/mol. The summed E-state index contributed by atoms with van der Waals surface area (Å²) in [6.45, 7) is 14.3. The molecule has 1 aliphatic rings. The van der Waals surface area contributed by atoms with Crippen LogP contribution in [0.3, 0.4) is 0 Å². The Morgan fingerprint density at radius 3 is 1.38 bits per heavy atom. The molecule has 2 radical (unpaired) electrons. The van der Waals surface area contributed by atoms with Crippen LogP contribution in [0.5, 0.6) is 0 Å². The van der Waals surface area contributed by atoms with Crippen molar-refractivity contribution in [1.29, 1.82) is 0 Å². The van der Waals surface area contributed by atoms with Gasteiger partial charge < -0.3 is 0 Å². The molecule has 0 atom stereocenters. The zero-order chi connectivity index (χ0) is 15.4. The third-order valence-electron chi connectivity index (χ3n) is 4.83. The smallest absolute Gasteiger partial charge is 0.0671 e. The van der Waals surface area contributed by atoms with Crippen LogP contribution in [0.4, 0.5) is 0 Å². The summed E-state index contributed by atoms with van der Waals surface area (Å²) >= 11 is 0. The van der Waals surface area contributed by atoms with Gasteiger partial charge in [-0.25, -0.2) is 0 Å². The van der Waals surface area contributed by atoms with Crippen molar-refractivity contribution in [2.45, 2.75) is 45.5 Å². The fourth-order valence-electron chi connectivity index (χ4n) is 3.36. The largest absolute Gasteiger partial charge is 0.0791 e. The molecule has 3 rings (SSSR count). The predicted octanol–water partition coefficient (Wildman–Crippen LogP) is 3.92. The molecule has 0 spiro atoms. The van der Waals surface area contributed by atoms with Crippen molar-refractivity contribution in [2.24, 2.45) is 0 Å². The Labute approximate surface area is 132 Å². The first kappa shape index (κ1) is 14.8. The average Bonchev–Trinajstić information content (AvgIpc) is 2.67. The van der Waals surface area contributed by atoms with Gasteiger partial charge in [0.15, 0.2) is 0 Å². The second-order valence-corrected chi connectivity index (χ2v) is 12.3. The zero-order valence-corrected chi connectivity index (χ0v) is 16.0. The molecule has 2 aromatic carbocycles. The molecule has 2 aromatic rings. The highest BCUT2D eigenvalue weighted by Crippen LogP contribution is 2.47. The summed E-state index contributed by atoms with van der Waals surface area (Å²) in [6, 6.07) is 14.4. The summed E-state index contributed by atoms with van der Waals surface area (Å²) in [7, 11) is -0.771. The van der Waals surface area contributed by atoms with Crippen molar-refractivity contribution >= 4 is 28.0 Å². The normalized spacial score (nSPS) is 15.4. The number of benzene rings is 2. The molecule has 0 aromatic heterocycles. The first-order valence-electron chi connectivity index (χ1n) is 7.73. The molecule has 21 heavy (non-hydrogen) atoms. The first-order chi connectivity index (χ1) is 9.82. The summed E-state index contributed by atoms with van der Waals surface area (Å²) in [6.07, 6.45) is 0. The van der Waals surface area contributed by atoms with Crippen molar-refractivity contribution < 1.29 is 0 Å². The highest BCUT2D eigenvalue weighted by molar-refractivity contribution is 6.71. The molecule has 0 fully saturated rings. The number of fused-ring (bicyclic) bond motifs is 3. The van der Waals surface area contributed by atoms with Gasteiger partial charge in [-0.3, -0.25) is 0 Å². The van der Waals surface area contributed by atoms with Crippen LogP contribution >= 0.6 is 0 Å². The third kappa shape index (κ3) is 2.25. The van der Waals surface area contributed by atoms with E-state index in [2.05, 4.69) is 76.4 Å². The summed E-state index contributed by atoms with van der Waals surface area (Å²) in [4.78, 5) is 0. The molecule has 0 aliphatic heterocycles. The van der Waals surface area contributed by atoms with E-state index in [1.54, 1.807) is 10.4 Å². The molecule has 0 nitrogen and oxygen atoms in total. The number of hydrogen-bond donors (Lipinski definition) is 0. The van der Waals surface area contributed by atoms with Crippen LogP contribution in [0, 0.1) is 0 Å². The van der Waals surface area contributed by atoms with Gasteiger partial charge in [-0.2, -0.15) is 0 Å². The van der Waals surface area contributed by atoms with E-state index in [-0.39, 0.29) is 23.0 Å². The lowest BCUT2D eigenvalue weighted by molar-refractivity contribution is 0.661. The first-order valence-corrected chi connectivity index (χ1v) is 12.7. The summed E-state index contributed by atoms with van der Waals surface area (Å²) in [5.74, 6) is 0. The molecule has 0 amide bonds. The van der Waals surface area contributed by atoms with E-state index in [0.29, 0.717) is 0 Å². The predicted molar refractivity (Wildman–Crippen MR) is 98.2 cm³/mol.